The minimum Gasteiger partial charge on any atom is -0.390 e. The van der Waals surface area contributed by atoms with Gasteiger partial charge in [0.2, 0.25) is 0 Å². The van der Waals surface area contributed by atoms with Crippen LogP contribution in [0.5, 0.6) is 0 Å². The highest BCUT2D eigenvalue weighted by Crippen LogP contribution is 2.27. The van der Waals surface area contributed by atoms with Gasteiger partial charge in [-0.2, -0.15) is 0 Å². The number of hydrogen-bond donors (Lipinski definition) is 1. The van der Waals surface area contributed by atoms with Gasteiger partial charge in [0, 0.05) is 0 Å². The van der Waals surface area contributed by atoms with Gasteiger partial charge in [-0.25, -0.2) is 0 Å². The van der Waals surface area contributed by atoms with Gasteiger partial charge in [-0.05, 0) is 39.5 Å². The lowest BCUT2D eigenvalue weighted by Crippen LogP contribution is -2.35. The van der Waals surface area contributed by atoms with E-state index in [2.05, 4.69) is 26.8 Å². The van der Waals surface area contributed by atoms with Crippen LogP contribution in [0.3, 0.4) is 0 Å². The molecule has 14 heavy (non-hydrogen) atoms. The van der Waals surface area contributed by atoms with Gasteiger partial charge in [-0.15, -0.1) is 0 Å². The molecule has 0 amide bonds. The Morgan fingerprint density at radius 2 is 2.36 bits per heavy atom. The van der Waals surface area contributed by atoms with E-state index in [0.717, 1.165) is 25.7 Å². The summed E-state index contributed by atoms with van der Waals surface area (Å²) in [6.45, 7) is 6.24. The van der Waals surface area contributed by atoms with Crippen LogP contribution in [0.2, 0.25) is 0 Å². The molecule has 0 aliphatic heterocycles. The third-order valence-electron chi connectivity index (χ3n) is 3.04. The van der Waals surface area contributed by atoms with Crippen LogP contribution in [0.4, 0.5) is 0 Å². The first-order valence-corrected chi connectivity index (χ1v) is 5.65. The maximum Gasteiger partial charge on any atom is 0.0874 e. The average molecular weight is 198 g/mol. The molecule has 1 rings (SSSR count). The predicted octanol–water partition coefficient (Wildman–Crippen LogP) is 2.66. The van der Waals surface area contributed by atoms with Gasteiger partial charge in [0.15, 0.2) is 0 Å². The second kappa shape index (κ2) is 5.52. The Morgan fingerprint density at radius 3 is 2.93 bits per heavy atom. The Hall–Kier alpha value is -0.340. The van der Waals surface area contributed by atoms with Gasteiger partial charge in [-0.3, -0.25) is 0 Å². The smallest absolute Gasteiger partial charge is 0.0874 e. The lowest BCUT2D eigenvalue weighted by Gasteiger charge is -2.31. The Kier molecular flexibility index (Phi) is 4.63. The maximum atomic E-state index is 9.77. The van der Waals surface area contributed by atoms with Crippen molar-refractivity contribution in [3.05, 3.63) is 11.6 Å². The van der Waals surface area contributed by atoms with Crippen LogP contribution >= 0.6 is 0 Å². The van der Waals surface area contributed by atoms with Crippen LogP contribution < -0.4 is 0 Å². The zero-order valence-corrected chi connectivity index (χ0v) is 9.49. The summed E-state index contributed by atoms with van der Waals surface area (Å²) in [5.74, 6) is 0. The predicted molar refractivity (Wildman–Crippen MR) is 58.2 cm³/mol. The molecule has 82 valence electrons. The van der Waals surface area contributed by atoms with Gasteiger partial charge < -0.3 is 9.84 Å². The fourth-order valence-electron chi connectivity index (χ4n) is 1.81. The van der Waals surface area contributed by atoms with Crippen molar-refractivity contribution in [1.82, 2.24) is 0 Å². The number of allylic oxidation sites excluding steroid dienone is 1. The summed E-state index contributed by atoms with van der Waals surface area (Å²) in [6.07, 6.45) is 5.94. The highest BCUT2D eigenvalue weighted by atomic mass is 16.5. The molecule has 0 spiro atoms. The molecular formula is C12H22O2. The van der Waals surface area contributed by atoms with Gasteiger partial charge in [-0.1, -0.05) is 18.6 Å². The molecule has 0 heterocycles. The van der Waals surface area contributed by atoms with Crippen molar-refractivity contribution in [2.24, 2.45) is 0 Å². The Morgan fingerprint density at radius 1 is 1.64 bits per heavy atom. The SMILES string of the molecule is C/C=C1/CCC(O)C(OC(C)CC)C1. The maximum absolute atomic E-state index is 9.77. The van der Waals surface area contributed by atoms with Gasteiger partial charge in [0.1, 0.15) is 0 Å². The number of aliphatic hydroxyl groups is 1. The molecule has 0 aromatic carbocycles. The summed E-state index contributed by atoms with van der Waals surface area (Å²) in [4.78, 5) is 0. The molecule has 0 aromatic heterocycles. The highest BCUT2D eigenvalue weighted by Gasteiger charge is 2.27. The molecule has 2 heteroatoms. The van der Waals surface area contributed by atoms with E-state index in [1.807, 2.05) is 0 Å². The van der Waals surface area contributed by atoms with Crippen molar-refractivity contribution in [3.63, 3.8) is 0 Å². The number of hydrogen-bond acceptors (Lipinski definition) is 2. The first-order valence-electron chi connectivity index (χ1n) is 5.65. The largest absolute Gasteiger partial charge is 0.390 e. The molecule has 1 N–H and O–H groups in total. The van der Waals surface area contributed by atoms with Gasteiger partial charge in [0.05, 0.1) is 18.3 Å². The van der Waals surface area contributed by atoms with Crippen LogP contribution in [0.15, 0.2) is 11.6 Å². The molecule has 1 saturated carbocycles. The Balaban J connectivity index is 2.48. The number of ether oxygens (including phenoxy) is 1. The Bertz CT molecular complexity index is 198. The third kappa shape index (κ3) is 3.10. The second-order valence-corrected chi connectivity index (χ2v) is 4.15. The molecule has 0 radical (unpaired) electrons. The first-order chi connectivity index (χ1) is 6.67. The van der Waals surface area contributed by atoms with Crippen molar-refractivity contribution in [2.45, 2.75) is 64.8 Å². The quantitative estimate of drug-likeness (QED) is 0.706. The van der Waals surface area contributed by atoms with Crippen LogP contribution in [-0.4, -0.2) is 23.4 Å². The molecule has 1 fully saturated rings. The van der Waals surface area contributed by atoms with Crippen molar-refractivity contribution >= 4 is 0 Å². The standard InChI is InChI=1S/C12H22O2/c1-4-9(3)14-12-8-10(5-2)6-7-11(12)13/h5,9,11-13H,4,6-8H2,1-3H3/b10-5-. The third-order valence-corrected chi connectivity index (χ3v) is 3.04. The minimum absolute atomic E-state index is 0.0184. The highest BCUT2D eigenvalue weighted by molar-refractivity contribution is 5.07. The normalized spacial score (nSPS) is 33.3. The van der Waals surface area contributed by atoms with Gasteiger partial charge in [0.25, 0.3) is 0 Å². The van der Waals surface area contributed by atoms with Crippen LogP contribution in [0.1, 0.15) is 46.5 Å². The molecule has 3 atom stereocenters. The lowest BCUT2D eigenvalue weighted by atomic mass is 9.90. The summed E-state index contributed by atoms with van der Waals surface area (Å²) in [5.41, 5.74) is 1.42. The van der Waals surface area contributed by atoms with Crippen LogP contribution in [-0.2, 0) is 4.74 Å². The summed E-state index contributed by atoms with van der Waals surface area (Å²) in [5, 5.41) is 9.77. The number of rotatable bonds is 3. The lowest BCUT2D eigenvalue weighted by molar-refractivity contribution is -0.0803. The summed E-state index contributed by atoms with van der Waals surface area (Å²) in [6, 6.07) is 0. The first kappa shape index (κ1) is 11.7. The van der Waals surface area contributed by atoms with E-state index in [-0.39, 0.29) is 18.3 Å². The molecule has 0 saturated heterocycles. The molecule has 0 aromatic rings. The summed E-state index contributed by atoms with van der Waals surface area (Å²) < 4.78 is 5.79. The van der Waals surface area contributed by atoms with E-state index in [4.69, 9.17) is 4.74 Å². The van der Waals surface area contributed by atoms with Gasteiger partial charge >= 0.3 is 0 Å². The average Bonchev–Trinajstić information content (AvgIpc) is 2.21. The Labute approximate surface area is 87.0 Å². The van der Waals surface area contributed by atoms with Crippen molar-refractivity contribution in [3.8, 4) is 0 Å². The monoisotopic (exact) mass is 198 g/mol. The fourth-order valence-corrected chi connectivity index (χ4v) is 1.81. The second-order valence-electron chi connectivity index (χ2n) is 4.15. The molecule has 1 aliphatic carbocycles. The fraction of sp³-hybridized carbons (Fsp3) is 0.833. The summed E-state index contributed by atoms with van der Waals surface area (Å²) in [7, 11) is 0. The summed E-state index contributed by atoms with van der Waals surface area (Å²) >= 11 is 0. The zero-order valence-electron chi connectivity index (χ0n) is 9.49. The van der Waals surface area contributed by atoms with E-state index >= 15 is 0 Å². The molecule has 3 unspecified atom stereocenters. The van der Waals surface area contributed by atoms with Crippen molar-refractivity contribution in [1.29, 1.82) is 0 Å². The van der Waals surface area contributed by atoms with Crippen molar-refractivity contribution < 1.29 is 9.84 Å². The van der Waals surface area contributed by atoms with E-state index in [1.54, 1.807) is 0 Å². The van der Waals surface area contributed by atoms with E-state index < -0.39 is 0 Å². The van der Waals surface area contributed by atoms with E-state index in [9.17, 15) is 5.11 Å². The van der Waals surface area contributed by atoms with Crippen molar-refractivity contribution in [2.75, 3.05) is 0 Å². The van der Waals surface area contributed by atoms with Crippen LogP contribution in [0.25, 0.3) is 0 Å². The van der Waals surface area contributed by atoms with E-state index in [0.29, 0.717) is 0 Å². The molecule has 2 nitrogen and oxygen atoms in total. The molecular weight excluding hydrogens is 176 g/mol. The molecule has 0 bridgehead atoms. The number of aliphatic hydroxyl groups excluding tert-OH is 1. The minimum atomic E-state index is -0.271. The molecule has 1 aliphatic rings. The topological polar surface area (TPSA) is 29.5 Å². The zero-order chi connectivity index (χ0) is 10.6. The van der Waals surface area contributed by atoms with Crippen LogP contribution in [0, 0.1) is 0 Å². The van der Waals surface area contributed by atoms with E-state index in [1.165, 1.54) is 5.57 Å².